The van der Waals surface area contributed by atoms with E-state index in [2.05, 4.69) is 34.9 Å². The van der Waals surface area contributed by atoms with E-state index in [-0.39, 0.29) is 6.61 Å². The molecule has 6 heteroatoms. The first-order valence-electron chi connectivity index (χ1n) is 9.88. The summed E-state index contributed by atoms with van der Waals surface area (Å²) in [6.45, 7) is 14.9. The third-order valence-electron chi connectivity index (χ3n) is 4.90. The van der Waals surface area contributed by atoms with Gasteiger partial charge in [-0.05, 0) is 24.7 Å². The van der Waals surface area contributed by atoms with Crippen LogP contribution >= 0.6 is 0 Å². The SMILES string of the molecule is C=CCN(CC=C)Cc1ccc(OC)c(OCC(O)CN2CCN(C)CC2)c1. The molecule has 1 atom stereocenters. The van der Waals surface area contributed by atoms with Gasteiger partial charge < -0.3 is 19.5 Å². The highest BCUT2D eigenvalue weighted by Gasteiger charge is 2.18. The molecule has 0 saturated carbocycles. The molecule has 156 valence electrons. The van der Waals surface area contributed by atoms with E-state index >= 15 is 0 Å². The number of nitrogens with zero attached hydrogens (tertiary/aromatic N) is 3. The monoisotopic (exact) mass is 389 g/mol. The van der Waals surface area contributed by atoms with E-state index in [1.54, 1.807) is 7.11 Å². The first-order valence-corrected chi connectivity index (χ1v) is 9.88. The molecule has 28 heavy (non-hydrogen) atoms. The molecule has 1 N–H and O–H groups in total. The second-order valence-electron chi connectivity index (χ2n) is 7.33. The Kier molecular flexibility index (Phi) is 9.50. The van der Waals surface area contributed by atoms with Crippen LogP contribution in [-0.2, 0) is 6.54 Å². The van der Waals surface area contributed by atoms with Gasteiger partial charge in [0.05, 0.1) is 7.11 Å². The van der Waals surface area contributed by atoms with Gasteiger partial charge in [-0.15, -0.1) is 13.2 Å². The number of piperazine rings is 1. The number of hydrogen-bond acceptors (Lipinski definition) is 6. The lowest BCUT2D eigenvalue weighted by Gasteiger charge is -2.33. The molecule has 0 aromatic heterocycles. The number of likely N-dealkylation sites (N-methyl/N-ethyl adjacent to an activating group) is 1. The van der Waals surface area contributed by atoms with Crippen molar-refractivity contribution < 1.29 is 14.6 Å². The Morgan fingerprint density at radius 2 is 1.82 bits per heavy atom. The van der Waals surface area contributed by atoms with Crippen molar-refractivity contribution in [2.24, 2.45) is 0 Å². The Balaban J connectivity index is 1.93. The van der Waals surface area contributed by atoms with Gasteiger partial charge in [-0.1, -0.05) is 18.2 Å². The number of methoxy groups -OCH3 is 1. The molecule has 0 bridgehead atoms. The van der Waals surface area contributed by atoms with Crippen molar-refractivity contribution in [2.45, 2.75) is 12.6 Å². The zero-order valence-corrected chi connectivity index (χ0v) is 17.3. The quantitative estimate of drug-likeness (QED) is 0.551. The van der Waals surface area contributed by atoms with Gasteiger partial charge in [-0.25, -0.2) is 0 Å². The molecule has 0 amide bonds. The largest absolute Gasteiger partial charge is 0.493 e. The third kappa shape index (κ3) is 7.28. The minimum Gasteiger partial charge on any atom is -0.493 e. The summed E-state index contributed by atoms with van der Waals surface area (Å²) in [5.41, 5.74) is 1.12. The summed E-state index contributed by atoms with van der Waals surface area (Å²) in [7, 11) is 3.76. The van der Waals surface area contributed by atoms with Gasteiger partial charge in [0.25, 0.3) is 0 Å². The second-order valence-corrected chi connectivity index (χ2v) is 7.33. The van der Waals surface area contributed by atoms with Crippen molar-refractivity contribution in [2.75, 3.05) is 66.6 Å². The molecule has 6 nitrogen and oxygen atoms in total. The van der Waals surface area contributed by atoms with Crippen molar-refractivity contribution in [3.05, 3.63) is 49.1 Å². The standard InChI is InChI=1S/C22H35N3O3/c1-5-9-24(10-6-2)16-19-7-8-21(27-4)22(15-19)28-18-20(26)17-25-13-11-23(3)12-14-25/h5-8,15,20,26H,1-2,9-14,16-18H2,3-4H3. The third-order valence-corrected chi connectivity index (χ3v) is 4.90. The summed E-state index contributed by atoms with van der Waals surface area (Å²) in [5.74, 6) is 1.34. The lowest BCUT2D eigenvalue weighted by atomic mass is 10.2. The molecule has 1 aromatic rings. The molecule has 1 heterocycles. The van der Waals surface area contributed by atoms with Crippen LogP contribution in [-0.4, -0.2) is 92.5 Å². The molecule has 1 saturated heterocycles. The predicted octanol–water partition coefficient (Wildman–Crippen LogP) is 1.86. The van der Waals surface area contributed by atoms with Gasteiger partial charge in [0.1, 0.15) is 12.7 Å². The van der Waals surface area contributed by atoms with E-state index in [9.17, 15) is 5.11 Å². The van der Waals surface area contributed by atoms with Gasteiger partial charge in [-0.2, -0.15) is 0 Å². The van der Waals surface area contributed by atoms with Gasteiger partial charge in [-0.3, -0.25) is 9.80 Å². The highest BCUT2D eigenvalue weighted by atomic mass is 16.5. The average Bonchev–Trinajstić information content (AvgIpc) is 2.69. The number of aliphatic hydroxyl groups is 1. The lowest BCUT2D eigenvalue weighted by molar-refractivity contribution is 0.0497. The molecular formula is C22H35N3O3. The molecule has 1 aliphatic heterocycles. The van der Waals surface area contributed by atoms with Crippen LogP contribution in [0.4, 0.5) is 0 Å². The van der Waals surface area contributed by atoms with Crippen LogP contribution in [0.15, 0.2) is 43.5 Å². The first kappa shape index (κ1) is 22.4. The molecule has 1 aromatic carbocycles. The average molecular weight is 390 g/mol. The fraction of sp³-hybridized carbons (Fsp3) is 0.545. The Morgan fingerprint density at radius 1 is 1.14 bits per heavy atom. The molecule has 0 aliphatic carbocycles. The van der Waals surface area contributed by atoms with Crippen LogP contribution in [0, 0.1) is 0 Å². The fourth-order valence-corrected chi connectivity index (χ4v) is 3.33. The van der Waals surface area contributed by atoms with Gasteiger partial charge in [0, 0.05) is 52.4 Å². The summed E-state index contributed by atoms with van der Waals surface area (Å²) in [4.78, 5) is 6.82. The predicted molar refractivity (Wildman–Crippen MR) is 114 cm³/mol. The van der Waals surface area contributed by atoms with Crippen LogP contribution in [0.1, 0.15) is 5.56 Å². The van der Waals surface area contributed by atoms with Crippen LogP contribution in [0.2, 0.25) is 0 Å². The molecule has 0 radical (unpaired) electrons. The first-order chi connectivity index (χ1) is 13.5. The van der Waals surface area contributed by atoms with Crippen LogP contribution < -0.4 is 9.47 Å². The Bertz CT molecular complexity index is 605. The topological polar surface area (TPSA) is 48.4 Å². The molecule has 1 aliphatic rings. The van der Waals surface area contributed by atoms with Crippen LogP contribution in [0.5, 0.6) is 11.5 Å². The summed E-state index contributed by atoms with van der Waals surface area (Å²) < 4.78 is 11.3. The van der Waals surface area contributed by atoms with Gasteiger partial charge in [0.2, 0.25) is 0 Å². The number of hydrogen-bond donors (Lipinski definition) is 1. The van der Waals surface area contributed by atoms with E-state index in [1.807, 2.05) is 30.4 Å². The normalized spacial score (nSPS) is 16.7. The molecule has 0 spiro atoms. The van der Waals surface area contributed by atoms with Gasteiger partial charge >= 0.3 is 0 Å². The van der Waals surface area contributed by atoms with Crippen molar-refractivity contribution in [3.8, 4) is 11.5 Å². The van der Waals surface area contributed by atoms with E-state index in [4.69, 9.17) is 9.47 Å². The van der Waals surface area contributed by atoms with Crippen molar-refractivity contribution in [1.29, 1.82) is 0 Å². The minimum atomic E-state index is -0.533. The van der Waals surface area contributed by atoms with E-state index in [1.165, 1.54) is 0 Å². The highest BCUT2D eigenvalue weighted by molar-refractivity contribution is 5.43. The maximum absolute atomic E-state index is 10.4. The van der Waals surface area contributed by atoms with E-state index in [0.717, 1.165) is 51.4 Å². The Morgan fingerprint density at radius 3 is 2.43 bits per heavy atom. The molecule has 1 fully saturated rings. The summed E-state index contributed by atoms with van der Waals surface area (Å²) in [5, 5.41) is 10.4. The Hall–Kier alpha value is -1.86. The van der Waals surface area contributed by atoms with Crippen molar-refractivity contribution in [1.82, 2.24) is 14.7 Å². The van der Waals surface area contributed by atoms with Crippen molar-refractivity contribution in [3.63, 3.8) is 0 Å². The number of aliphatic hydroxyl groups excluding tert-OH is 1. The number of ether oxygens (including phenoxy) is 2. The van der Waals surface area contributed by atoms with E-state index in [0.29, 0.717) is 18.0 Å². The van der Waals surface area contributed by atoms with Crippen molar-refractivity contribution >= 4 is 0 Å². The maximum Gasteiger partial charge on any atom is 0.161 e. The minimum absolute atomic E-state index is 0.245. The molecule has 1 unspecified atom stereocenters. The lowest BCUT2D eigenvalue weighted by Crippen LogP contribution is -2.47. The summed E-state index contributed by atoms with van der Waals surface area (Å²) in [6, 6.07) is 5.93. The number of β-amino-alcohol motifs (C(OH)–C–C–N with tert-alkyl or cyclic N) is 1. The van der Waals surface area contributed by atoms with E-state index < -0.39 is 6.10 Å². The second kappa shape index (κ2) is 11.9. The molecular weight excluding hydrogens is 354 g/mol. The highest BCUT2D eigenvalue weighted by Crippen LogP contribution is 2.28. The smallest absolute Gasteiger partial charge is 0.161 e. The number of benzene rings is 1. The summed E-state index contributed by atoms with van der Waals surface area (Å²) in [6.07, 6.45) is 3.24. The zero-order valence-electron chi connectivity index (χ0n) is 17.3. The van der Waals surface area contributed by atoms with Gasteiger partial charge in [0.15, 0.2) is 11.5 Å². The maximum atomic E-state index is 10.4. The fourth-order valence-electron chi connectivity index (χ4n) is 3.33. The van der Waals surface area contributed by atoms with Crippen LogP contribution in [0.25, 0.3) is 0 Å². The number of rotatable bonds is 12. The van der Waals surface area contributed by atoms with Crippen LogP contribution in [0.3, 0.4) is 0 Å². The molecule has 2 rings (SSSR count). The Labute approximate surface area is 169 Å². The summed E-state index contributed by atoms with van der Waals surface area (Å²) >= 11 is 0. The zero-order chi connectivity index (χ0) is 20.4.